The van der Waals surface area contributed by atoms with Crippen molar-refractivity contribution < 1.29 is 4.79 Å². The summed E-state index contributed by atoms with van der Waals surface area (Å²) in [5.74, 6) is -0.376. The standard InChI is InChI=1S/C21H22N2O/c1-15-8-10-17(11-9-15)12-13-23-16(2)19(21(22)24)14-20(23)18-6-4-3-5-7-18/h3-11,14H,12-13H2,1-2H3,(H2,22,24). The number of carbonyl (C=O) groups is 1. The summed E-state index contributed by atoms with van der Waals surface area (Å²) in [6.07, 6.45) is 0.911. The summed E-state index contributed by atoms with van der Waals surface area (Å²) in [7, 11) is 0. The minimum atomic E-state index is -0.376. The average molecular weight is 318 g/mol. The van der Waals surface area contributed by atoms with Gasteiger partial charge >= 0.3 is 0 Å². The van der Waals surface area contributed by atoms with Crippen LogP contribution in [-0.4, -0.2) is 10.5 Å². The molecule has 0 radical (unpaired) electrons. The Morgan fingerprint density at radius 2 is 1.67 bits per heavy atom. The highest BCUT2D eigenvalue weighted by atomic mass is 16.1. The van der Waals surface area contributed by atoms with E-state index in [-0.39, 0.29) is 5.91 Å². The van der Waals surface area contributed by atoms with Crippen molar-refractivity contribution in [1.82, 2.24) is 4.57 Å². The number of hydrogen-bond acceptors (Lipinski definition) is 1. The summed E-state index contributed by atoms with van der Waals surface area (Å²) in [4.78, 5) is 11.7. The Balaban J connectivity index is 1.96. The van der Waals surface area contributed by atoms with E-state index in [1.165, 1.54) is 11.1 Å². The lowest BCUT2D eigenvalue weighted by atomic mass is 10.1. The van der Waals surface area contributed by atoms with Gasteiger partial charge in [0, 0.05) is 17.9 Å². The van der Waals surface area contributed by atoms with Crippen LogP contribution in [-0.2, 0) is 13.0 Å². The molecule has 0 unspecified atom stereocenters. The summed E-state index contributed by atoms with van der Waals surface area (Å²) in [6, 6.07) is 20.6. The van der Waals surface area contributed by atoms with Crippen molar-refractivity contribution in [2.24, 2.45) is 5.73 Å². The number of aromatic nitrogens is 1. The van der Waals surface area contributed by atoms with E-state index in [0.29, 0.717) is 5.56 Å². The van der Waals surface area contributed by atoms with Gasteiger partial charge in [0.2, 0.25) is 0 Å². The highest BCUT2D eigenvalue weighted by molar-refractivity contribution is 5.95. The minimum Gasteiger partial charge on any atom is -0.366 e. The lowest BCUT2D eigenvalue weighted by molar-refractivity contribution is 0.0999. The molecule has 0 atom stereocenters. The molecule has 122 valence electrons. The average Bonchev–Trinajstić information content (AvgIpc) is 2.92. The predicted octanol–water partition coefficient (Wildman–Crippen LogP) is 4.11. The van der Waals surface area contributed by atoms with Crippen molar-refractivity contribution >= 4 is 5.91 Å². The van der Waals surface area contributed by atoms with E-state index in [9.17, 15) is 4.79 Å². The van der Waals surface area contributed by atoms with Gasteiger partial charge in [-0.25, -0.2) is 0 Å². The van der Waals surface area contributed by atoms with Crippen LogP contribution in [0.2, 0.25) is 0 Å². The molecule has 3 nitrogen and oxygen atoms in total. The van der Waals surface area contributed by atoms with Gasteiger partial charge in [0.1, 0.15) is 0 Å². The Kier molecular flexibility index (Phi) is 4.52. The first-order valence-corrected chi connectivity index (χ1v) is 8.17. The van der Waals surface area contributed by atoms with Gasteiger partial charge in [0.15, 0.2) is 0 Å². The molecule has 0 aliphatic rings. The number of carbonyl (C=O) groups excluding carboxylic acids is 1. The molecule has 1 heterocycles. The third-order valence-corrected chi connectivity index (χ3v) is 4.45. The molecular formula is C21H22N2O. The van der Waals surface area contributed by atoms with Crippen LogP contribution < -0.4 is 5.73 Å². The lowest BCUT2D eigenvalue weighted by Gasteiger charge is -2.12. The molecular weight excluding hydrogens is 296 g/mol. The molecule has 3 heteroatoms. The van der Waals surface area contributed by atoms with Gasteiger partial charge in [-0.15, -0.1) is 0 Å². The number of primary amides is 1. The molecule has 2 N–H and O–H groups in total. The van der Waals surface area contributed by atoms with Crippen LogP contribution in [0.15, 0.2) is 60.7 Å². The monoisotopic (exact) mass is 318 g/mol. The Hall–Kier alpha value is -2.81. The number of nitrogens with zero attached hydrogens (tertiary/aromatic N) is 1. The van der Waals surface area contributed by atoms with Crippen LogP contribution in [0.1, 0.15) is 27.2 Å². The zero-order valence-corrected chi connectivity index (χ0v) is 14.1. The molecule has 0 fully saturated rings. The first kappa shape index (κ1) is 16.1. The highest BCUT2D eigenvalue weighted by Crippen LogP contribution is 2.26. The second kappa shape index (κ2) is 6.75. The number of rotatable bonds is 5. The van der Waals surface area contributed by atoms with Gasteiger partial charge in [-0.2, -0.15) is 0 Å². The van der Waals surface area contributed by atoms with E-state index in [2.05, 4.69) is 47.9 Å². The molecule has 24 heavy (non-hydrogen) atoms. The molecule has 1 aromatic heterocycles. The smallest absolute Gasteiger partial charge is 0.250 e. The fraction of sp³-hybridized carbons (Fsp3) is 0.190. The highest BCUT2D eigenvalue weighted by Gasteiger charge is 2.16. The molecule has 0 saturated carbocycles. The van der Waals surface area contributed by atoms with Gasteiger partial charge in [-0.1, -0.05) is 60.2 Å². The fourth-order valence-corrected chi connectivity index (χ4v) is 3.03. The summed E-state index contributed by atoms with van der Waals surface area (Å²) in [6.45, 7) is 4.86. The quantitative estimate of drug-likeness (QED) is 0.756. The Labute approximate surface area is 142 Å². The predicted molar refractivity (Wildman–Crippen MR) is 98.0 cm³/mol. The molecule has 0 spiro atoms. The number of aryl methyl sites for hydroxylation is 2. The summed E-state index contributed by atoms with van der Waals surface area (Å²) in [5.41, 5.74) is 11.7. The van der Waals surface area contributed by atoms with Crippen LogP contribution >= 0.6 is 0 Å². The van der Waals surface area contributed by atoms with E-state index >= 15 is 0 Å². The van der Waals surface area contributed by atoms with E-state index < -0.39 is 0 Å². The van der Waals surface area contributed by atoms with E-state index in [1.54, 1.807) is 0 Å². The SMILES string of the molecule is Cc1ccc(CCn2c(-c3ccccc3)cc(C(N)=O)c2C)cc1. The molecule has 3 aromatic rings. The van der Waals surface area contributed by atoms with Gasteiger partial charge < -0.3 is 10.3 Å². The Morgan fingerprint density at radius 3 is 2.29 bits per heavy atom. The van der Waals surface area contributed by atoms with Gasteiger partial charge in [0.25, 0.3) is 5.91 Å². The van der Waals surface area contributed by atoms with Crippen molar-refractivity contribution in [3.05, 3.63) is 83.0 Å². The summed E-state index contributed by atoms with van der Waals surface area (Å²) in [5, 5.41) is 0. The number of amides is 1. The van der Waals surface area contributed by atoms with E-state index in [1.807, 2.05) is 31.2 Å². The zero-order valence-electron chi connectivity index (χ0n) is 14.1. The molecule has 0 bridgehead atoms. The molecule has 0 aliphatic carbocycles. The molecule has 3 rings (SSSR count). The first-order valence-electron chi connectivity index (χ1n) is 8.17. The molecule has 0 saturated heterocycles. The molecule has 2 aromatic carbocycles. The van der Waals surface area contributed by atoms with Gasteiger partial charge in [-0.3, -0.25) is 4.79 Å². The van der Waals surface area contributed by atoms with Crippen molar-refractivity contribution in [2.75, 3.05) is 0 Å². The number of benzene rings is 2. The van der Waals surface area contributed by atoms with Crippen molar-refractivity contribution in [2.45, 2.75) is 26.8 Å². The van der Waals surface area contributed by atoms with Crippen LogP contribution in [0.25, 0.3) is 11.3 Å². The van der Waals surface area contributed by atoms with E-state index in [0.717, 1.165) is 29.9 Å². The van der Waals surface area contributed by atoms with Gasteiger partial charge in [-0.05, 0) is 37.5 Å². The third-order valence-electron chi connectivity index (χ3n) is 4.45. The second-order valence-corrected chi connectivity index (χ2v) is 6.15. The van der Waals surface area contributed by atoms with Gasteiger partial charge in [0.05, 0.1) is 5.56 Å². The maximum Gasteiger partial charge on any atom is 0.250 e. The minimum absolute atomic E-state index is 0.376. The maximum absolute atomic E-state index is 11.7. The topological polar surface area (TPSA) is 48.0 Å². The van der Waals surface area contributed by atoms with Crippen molar-refractivity contribution in [3.8, 4) is 11.3 Å². The normalized spacial score (nSPS) is 10.8. The van der Waals surface area contributed by atoms with E-state index in [4.69, 9.17) is 5.73 Å². The Bertz CT molecular complexity index is 846. The summed E-state index contributed by atoms with van der Waals surface area (Å²) < 4.78 is 2.19. The fourth-order valence-electron chi connectivity index (χ4n) is 3.03. The second-order valence-electron chi connectivity index (χ2n) is 6.15. The molecule has 0 aliphatic heterocycles. The number of hydrogen-bond donors (Lipinski definition) is 1. The first-order chi connectivity index (χ1) is 11.6. The number of nitrogens with two attached hydrogens (primary N) is 1. The van der Waals surface area contributed by atoms with Crippen LogP contribution in [0, 0.1) is 13.8 Å². The summed E-state index contributed by atoms with van der Waals surface area (Å²) >= 11 is 0. The maximum atomic E-state index is 11.7. The lowest BCUT2D eigenvalue weighted by Crippen LogP contribution is -2.13. The zero-order chi connectivity index (χ0) is 17.1. The van der Waals surface area contributed by atoms with Crippen LogP contribution in [0.4, 0.5) is 0 Å². The largest absolute Gasteiger partial charge is 0.366 e. The van der Waals surface area contributed by atoms with Crippen molar-refractivity contribution in [3.63, 3.8) is 0 Å². The Morgan fingerprint density at radius 1 is 1.00 bits per heavy atom. The third kappa shape index (κ3) is 3.25. The van der Waals surface area contributed by atoms with Crippen molar-refractivity contribution in [1.29, 1.82) is 0 Å². The van der Waals surface area contributed by atoms with Crippen LogP contribution in [0.3, 0.4) is 0 Å². The van der Waals surface area contributed by atoms with Crippen LogP contribution in [0.5, 0.6) is 0 Å². The molecule has 1 amide bonds.